The molecule has 15 aromatic carbocycles. The predicted octanol–water partition coefficient (Wildman–Crippen LogP) is 24.2. The maximum absolute atomic E-state index is 7.49. The van der Waals surface area contributed by atoms with Crippen molar-refractivity contribution in [2.75, 3.05) is 0 Å². The molecule has 0 atom stereocenters. The highest BCUT2D eigenvalue weighted by molar-refractivity contribution is 6.23. The normalized spacial score (nSPS) is 13.7. The van der Waals surface area contributed by atoms with Crippen LogP contribution in [0.15, 0.2) is 336 Å². The molecule has 2 aromatic heterocycles. The Bertz CT molecular complexity index is 5500. The van der Waals surface area contributed by atoms with E-state index in [0.29, 0.717) is 0 Å². The van der Waals surface area contributed by atoms with Gasteiger partial charge in [0, 0.05) is 32.7 Å². The minimum atomic E-state index is -0.766. The van der Waals surface area contributed by atoms with Crippen molar-refractivity contribution < 1.29 is 8.83 Å². The predicted molar refractivity (Wildman–Crippen MR) is 386 cm³/mol. The average Bonchev–Trinajstić information content (AvgIpc) is 1.48. The molecule has 2 nitrogen and oxygen atoms in total. The number of hydrogen-bond acceptors (Lipinski definition) is 2. The average molecular weight is 1190 g/mol. The molecule has 94 heavy (non-hydrogen) atoms. The summed E-state index contributed by atoms with van der Waals surface area (Å²) in [7, 11) is 0. The summed E-state index contributed by atoms with van der Waals surface area (Å²) in [6.07, 6.45) is 0. The maximum atomic E-state index is 7.49. The van der Waals surface area contributed by atoms with Crippen molar-refractivity contribution >= 4 is 43.9 Å². The quantitative estimate of drug-likeness (QED) is 0.166. The van der Waals surface area contributed by atoms with Gasteiger partial charge in [-0.2, -0.15) is 0 Å². The number of fused-ring (bicyclic) bond motifs is 28. The number of rotatable bonds is 6. The van der Waals surface area contributed by atoms with E-state index in [-0.39, 0.29) is 0 Å². The van der Waals surface area contributed by atoms with E-state index in [1.54, 1.807) is 0 Å². The van der Waals surface area contributed by atoms with Gasteiger partial charge in [0.1, 0.15) is 22.3 Å². The highest BCUT2D eigenvalue weighted by Gasteiger charge is 2.57. The third-order valence-corrected chi connectivity index (χ3v) is 21.4. The van der Waals surface area contributed by atoms with E-state index in [2.05, 4.69) is 328 Å². The first kappa shape index (κ1) is 51.6. The van der Waals surface area contributed by atoms with Gasteiger partial charge in [-0.15, -0.1) is 0 Å². The third kappa shape index (κ3) is 6.83. The molecule has 17 aromatic rings. The fourth-order valence-corrected chi connectivity index (χ4v) is 17.7. The monoisotopic (exact) mass is 1190 g/mol. The van der Waals surface area contributed by atoms with Crippen molar-refractivity contribution in [2.45, 2.75) is 10.8 Å². The molecule has 2 heterocycles. The number of hydrogen-bond donors (Lipinski definition) is 0. The van der Waals surface area contributed by atoms with Gasteiger partial charge in [-0.3, -0.25) is 0 Å². The van der Waals surface area contributed by atoms with E-state index in [1.807, 2.05) is 0 Å². The van der Waals surface area contributed by atoms with E-state index >= 15 is 0 Å². The lowest BCUT2D eigenvalue weighted by atomic mass is 9.68. The highest BCUT2D eigenvalue weighted by atomic mass is 16.3. The van der Waals surface area contributed by atoms with Crippen molar-refractivity contribution in [2.24, 2.45) is 0 Å². The molecular formula is C92H54O2. The Morgan fingerprint density at radius 2 is 0.447 bits per heavy atom. The van der Waals surface area contributed by atoms with Crippen molar-refractivity contribution in [1.82, 2.24) is 0 Å². The molecule has 2 heteroatoms. The fraction of sp³-hybridized carbons (Fsp3) is 0.0217. The van der Waals surface area contributed by atoms with Gasteiger partial charge in [-0.25, -0.2) is 0 Å². The SMILES string of the molecule is c1ccc(-c2cc(-c3ccccc3)cc(-c3cc4c(c5c3oc3ccccc35)-c3cc5c(cc3C43c4ccccc4-c4ccccc43)-c3c(cc(-c4cc(-c6ccccc6)cc(-c6ccccc6)c4)c4oc6ccccc6c34)C53c4ccccc4-c4ccccc43)c2)cc1. The summed E-state index contributed by atoms with van der Waals surface area (Å²) in [5, 5.41) is 4.45. The van der Waals surface area contributed by atoms with Crippen LogP contribution in [0.5, 0.6) is 0 Å². The Morgan fingerprint density at radius 1 is 0.181 bits per heavy atom. The molecule has 21 rings (SSSR count). The van der Waals surface area contributed by atoms with Crippen LogP contribution in [0.2, 0.25) is 0 Å². The Balaban J connectivity index is 0.931. The van der Waals surface area contributed by atoms with Crippen molar-refractivity contribution in [3.05, 3.63) is 372 Å². The van der Waals surface area contributed by atoms with E-state index in [4.69, 9.17) is 8.83 Å². The molecule has 4 aliphatic rings. The zero-order valence-corrected chi connectivity index (χ0v) is 51.0. The van der Waals surface area contributed by atoms with Crippen LogP contribution in [0.25, 0.3) is 155 Å². The Kier molecular flexibility index (Phi) is 10.6. The summed E-state index contributed by atoms with van der Waals surface area (Å²) in [5.41, 5.74) is 35.6. The van der Waals surface area contributed by atoms with E-state index in [0.717, 1.165) is 111 Å². The lowest BCUT2D eigenvalue weighted by molar-refractivity contribution is 0.669. The minimum Gasteiger partial charge on any atom is -0.455 e. The van der Waals surface area contributed by atoms with Gasteiger partial charge < -0.3 is 8.83 Å². The van der Waals surface area contributed by atoms with Crippen LogP contribution in [-0.2, 0) is 10.8 Å². The van der Waals surface area contributed by atoms with Gasteiger partial charge in [-0.1, -0.05) is 255 Å². The summed E-state index contributed by atoms with van der Waals surface area (Å²) in [4.78, 5) is 0. The number of para-hydroxylation sites is 2. The smallest absolute Gasteiger partial charge is 0.143 e. The van der Waals surface area contributed by atoms with Crippen molar-refractivity contribution in [3.8, 4) is 111 Å². The van der Waals surface area contributed by atoms with Crippen LogP contribution >= 0.6 is 0 Å². The molecule has 0 unspecified atom stereocenters. The van der Waals surface area contributed by atoms with Crippen LogP contribution in [0.3, 0.4) is 0 Å². The molecule has 434 valence electrons. The molecule has 2 spiro atoms. The first-order valence-electron chi connectivity index (χ1n) is 32.7. The minimum absolute atomic E-state index is 0.766. The second-order valence-corrected chi connectivity index (χ2v) is 26.0. The summed E-state index contributed by atoms with van der Waals surface area (Å²) >= 11 is 0. The molecule has 0 saturated heterocycles. The van der Waals surface area contributed by atoms with E-state index < -0.39 is 10.8 Å². The topological polar surface area (TPSA) is 26.3 Å². The lowest BCUT2D eigenvalue weighted by Gasteiger charge is -2.32. The summed E-state index contributed by atoms with van der Waals surface area (Å²) in [5.74, 6) is 0. The second-order valence-electron chi connectivity index (χ2n) is 26.0. The number of benzene rings is 15. The van der Waals surface area contributed by atoms with Gasteiger partial charge in [-0.05, 0) is 217 Å². The summed E-state index contributed by atoms with van der Waals surface area (Å²) in [6.45, 7) is 0. The van der Waals surface area contributed by atoms with Gasteiger partial charge in [0.05, 0.1) is 10.8 Å². The highest BCUT2D eigenvalue weighted by Crippen LogP contribution is 2.71. The zero-order chi connectivity index (χ0) is 61.4. The molecule has 4 aliphatic carbocycles. The fourth-order valence-electron chi connectivity index (χ4n) is 17.7. The Morgan fingerprint density at radius 3 is 0.777 bits per heavy atom. The Hall–Kier alpha value is -12.1. The second kappa shape index (κ2) is 19.2. The summed E-state index contributed by atoms with van der Waals surface area (Å²) in [6, 6.07) is 123. The lowest BCUT2D eigenvalue weighted by Crippen LogP contribution is -2.27. The van der Waals surface area contributed by atoms with Crippen molar-refractivity contribution in [1.29, 1.82) is 0 Å². The molecule has 0 amide bonds. The van der Waals surface area contributed by atoms with E-state index in [9.17, 15) is 0 Å². The zero-order valence-electron chi connectivity index (χ0n) is 51.0. The first-order valence-corrected chi connectivity index (χ1v) is 32.7. The van der Waals surface area contributed by atoms with Gasteiger partial charge >= 0.3 is 0 Å². The van der Waals surface area contributed by atoms with Crippen LogP contribution in [0, 0.1) is 0 Å². The van der Waals surface area contributed by atoms with Gasteiger partial charge in [0.25, 0.3) is 0 Å². The molecule has 0 radical (unpaired) electrons. The van der Waals surface area contributed by atoms with Crippen LogP contribution < -0.4 is 0 Å². The number of furan rings is 2. The standard InChI is InChI=1S/C92H54O2/c1-5-25-55(26-6-1)59-45-60(56-27-7-2-8-28-56)48-63(47-59)71-51-81-85(87-69-37-17-23-43-83(69)93-89(71)87)73-53-80-74(54-79(73)91(81)75-39-19-13-33-65(75)66-34-14-20-40-76(66)91)86-82(92(80)77-41-21-15-35-67(77)68-36-16-22-42-78(68)92)52-72(90-88(86)70-38-18-24-44-84(70)94-90)64-49-61(57-29-9-3-10-30-57)46-62(50-64)58-31-11-4-12-32-58/h1-54H. The van der Waals surface area contributed by atoms with Crippen molar-refractivity contribution in [3.63, 3.8) is 0 Å². The molecule has 0 saturated carbocycles. The largest absolute Gasteiger partial charge is 0.455 e. The first-order chi connectivity index (χ1) is 46.6. The van der Waals surface area contributed by atoms with Crippen LogP contribution in [-0.4, -0.2) is 0 Å². The van der Waals surface area contributed by atoms with E-state index in [1.165, 1.54) is 89.0 Å². The molecule has 0 aliphatic heterocycles. The maximum Gasteiger partial charge on any atom is 0.143 e. The third-order valence-electron chi connectivity index (χ3n) is 21.4. The van der Waals surface area contributed by atoms with Gasteiger partial charge in [0.2, 0.25) is 0 Å². The molecule has 0 bridgehead atoms. The molecule has 0 fully saturated rings. The Labute approximate surface area is 543 Å². The molecule has 0 N–H and O–H groups in total. The van der Waals surface area contributed by atoms with Crippen LogP contribution in [0.1, 0.15) is 44.5 Å². The van der Waals surface area contributed by atoms with Crippen LogP contribution in [0.4, 0.5) is 0 Å². The molecular weight excluding hydrogens is 1140 g/mol. The summed E-state index contributed by atoms with van der Waals surface area (Å²) < 4.78 is 15.0. The van der Waals surface area contributed by atoms with Gasteiger partial charge in [0.15, 0.2) is 0 Å².